The monoisotopic (exact) mass is 376 g/mol. The van der Waals surface area contributed by atoms with Gasteiger partial charge in [-0.15, -0.1) is 0 Å². The van der Waals surface area contributed by atoms with E-state index < -0.39 is 11.8 Å². The van der Waals surface area contributed by atoms with Gasteiger partial charge in [0.2, 0.25) is 0 Å². The Morgan fingerprint density at radius 2 is 2.04 bits per heavy atom. The number of piperazine rings is 1. The van der Waals surface area contributed by atoms with E-state index >= 15 is 4.39 Å². The topological polar surface area (TPSA) is 90.5 Å². The van der Waals surface area contributed by atoms with Crippen molar-refractivity contribution in [1.29, 1.82) is 0 Å². The van der Waals surface area contributed by atoms with Crippen LogP contribution in [0.25, 0.3) is 10.9 Å². The van der Waals surface area contributed by atoms with Crippen LogP contribution in [0, 0.1) is 5.82 Å². The van der Waals surface area contributed by atoms with Crippen LogP contribution in [0.3, 0.4) is 0 Å². The van der Waals surface area contributed by atoms with Crippen LogP contribution in [0.5, 0.6) is 5.75 Å². The highest BCUT2D eigenvalue weighted by Gasteiger charge is 2.30. The third-order valence-electron chi connectivity index (χ3n) is 5.31. The smallest absolute Gasteiger partial charge is 0.339 e. The zero-order valence-corrected chi connectivity index (χ0v) is 15.1. The van der Waals surface area contributed by atoms with E-state index in [2.05, 4.69) is 10.1 Å². The number of carboxylic acid groups (broad SMARTS) is 1. The Morgan fingerprint density at radius 1 is 1.33 bits per heavy atom. The fraction of sp³-hybridized carbons (Fsp3) is 0.444. The lowest BCUT2D eigenvalue weighted by Gasteiger charge is -2.37. The van der Waals surface area contributed by atoms with Gasteiger partial charge in [0.15, 0.2) is 11.6 Å². The van der Waals surface area contributed by atoms with Gasteiger partial charge >= 0.3 is 5.97 Å². The molecule has 4 rings (SSSR count). The van der Waals surface area contributed by atoms with Crippen LogP contribution < -0.4 is 15.0 Å². The Morgan fingerprint density at radius 3 is 2.67 bits per heavy atom. The summed E-state index contributed by atoms with van der Waals surface area (Å²) in [7, 11) is 2.02. The Hall–Kier alpha value is -2.81. The summed E-state index contributed by atoms with van der Waals surface area (Å²) in [5.74, 6) is -1.39. The molecule has 0 radical (unpaired) electrons. The number of carboxylic acids is 1. The van der Waals surface area contributed by atoms with E-state index in [9.17, 15) is 15.1 Å². The van der Waals surface area contributed by atoms with Crippen molar-refractivity contribution in [1.82, 2.24) is 9.47 Å². The minimum Gasteiger partial charge on any atom is -0.487 e. The van der Waals surface area contributed by atoms with Gasteiger partial charge in [0.05, 0.1) is 11.6 Å². The van der Waals surface area contributed by atoms with Crippen molar-refractivity contribution in [2.75, 3.05) is 44.7 Å². The van der Waals surface area contributed by atoms with Crippen LogP contribution >= 0.6 is 0 Å². The molecule has 1 saturated heterocycles. The SMILES string of the molecule is C[C@H]1COc2c(N3CCN(C)CC3)c(F)cc3/c(=N\O)c(C(=O)O)cn1c23. The number of likely N-dealkylation sites (N-methyl/N-ethyl adjacent to an activating group) is 1. The van der Waals surface area contributed by atoms with E-state index in [1.807, 2.05) is 18.9 Å². The number of ether oxygens (including phenoxy) is 1. The van der Waals surface area contributed by atoms with Crippen molar-refractivity contribution in [3.05, 3.63) is 29.0 Å². The Bertz CT molecular complexity index is 995. The largest absolute Gasteiger partial charge is 0.487 e. The van der Waals surface area contributed by atoms with Crippen LogP contribution in [-0.2, 0) is 0 Å². The van der Waals surface area contributed by atoms with E-state index in [1.165, 1.54) is 12.3 Å². The number of aromatic carboxylic acids is 1. The summed E-state index contributed by atoms with van der Waals surface area (Å²) < 4.78 is 22.8. The number of pyridine rings is 1. The molecule has 0 amide bonds. The maximum absolute atomic E-state index is 15.1. The average molecular weight is 376 g/mol. The van der Waals surface area contributed by atoms with Gasteiger partial charge in [-0.2, -0.15) is 0 Å². The molecule has 0 spiro atoms. The number of halogens is 1. The Labute approximate surface area is 154 Å². The lowest BCUT2D eigenvalue weighted by Crippen LogP contribution is -2.45. The van der Waals surface area contributed by atoms with Gasteiger partial charge in [0.25, 0.3) is 0 Å². The molecule has 27 heavy (non-hydrogen) atoms. The minimum absolute atomic E-state index is 0.142. The number of rotatable bonds is 2. The molecule has 1 fully saturated rings. The highest BCUT2D eigenvalue weighted by atomic mass is 19.1. The van der Waals surface area contributed by atoms with Crippen LogP contribution in [0.4, 0.5) is 10.1 Å². The molecule has 2 N–H and O–H groups in total. The van der Waals surface area contributed by atoms with E-state index in [0.717, 1.165) is 13.1 Å². The fourth-order valence-electron chi connectivity index (χ4n) is 3.81. The Balaban J connectivity index is 2.04. The molecule has 0 unspecified atom stereocenters. The molecule has 2 aliphatic rings. The number of anilines is 1. The van der Waals surface area contributed by atoms with E-state index in [0.29, 0.717) is 36.6 Å². The molecule has 144 valence electrons. The number of benzene rings is 1. The van der Waals surface area contributed by atoms with Gasteiger partial charge in [-0.3, -0.25) is 0 Å². The Kier molecular flexibility index (Phi) is 4.18. The summed E-state index contributed by atoms with van der Waals surface area (Å²) in [5.41, 5.74) is 0.738. The molecular weight excluding hydrogens is 355 g/mol. The van der Waals surface area contributed by atoms with Crippen molar-refractivity contribution in [2.24, 2.45) is 5.16 Å². The summed E-state index contributed by atoms with van der Waals surface area (Å²) in [6, 6.07) is 1.10. The van der Waals surface area contributed by atoms with Crippen molar-refractivity contribution in [2.45, 2.75) is 13.0 Å². The highest BCUT2D eigenvalue weighted by Crippen LogP contribution is 2.42. The molecule has 1 aromatic heterocycles. The number of carbonyl (C=O) groups is 1. The lowest BCUT2D eigenvalue weighted by atomic mass is 10.0. The summed E-state index contributed by atoms with van der Waals surface area (Å²) in [4.78, 5) is 15.7. The second-order valence-electron chi connectivity index (χ2n) is 7.09. The van der Waals surface area contributed by atoms with E-state index in [1.54, 1.807) is 4.57 Å². The number of hydrogen-bond donors (Lipinski definition) is 2. The predicted molar refractivity (Wildman–Crippen MR) is 96.1 cm³/mol. The van der Waals surface area contributed by atoms with Gasteiger partial charge in [0, 0.05) is 37.8 Å². The maximum atomic E-state index is 15.1. The number of nitrogens with zero attached hydrogens (tertiary/aromatic N) is 4. The molecule has 0 saturated carbocycles. The average Bonchev–Trinajstić information content (AvgIpc) is 2.64. The maximum Gasteiger partial charge on any atom is 0.339 e. The van der Waals surface area contributed by atoms with Gasteiger partial charge in [-0.1, -0.05) is 5.16 Å². The van der Waals surface area contributed by atoms with E-state index in [-0.39, 0.29) is 22.3 Å². The summed E-state index contributed by atoms with van der Waals surface area (Å²) in [5, 5.41) is 22.1. The van der Waals surface area contributed by atoms with Gasteiger partial charge in [-0.05, 0) is 20.0 Å². The minimum atomic E-state index is -1.24. The molecule has 0 aliphatic carbocycles. The molecule has 0 bridgehead atoms. The second kappa shape index (κ2) is 6.41. The van der Waals surface area contributed by atoms with Crippen molar-refractivity contribution < 1.29 is 24.2 Å². The van der Waals surface area contributed by atoms with Gasteiger partial charge < -0.3 is 29.4 Å². The second-order valence-corrected chi connectivity index (χ2v) is 7.09. The quantitative estimate of drug-likeness (QED) is 0.609. The third kappa shape index (κ3) is 2.69. The summed E-state index contributed by atoms with van der Waals surface area (Å²) in [6.45, 7) is 5.13. The zero-order valence-electron chi connectivity index (χ0n) is 15.1. The standard InChI is InChI=1S/C18H21FN4O4/c1-10-9-27-17-15-11(14(20-26)12(18(24)25)8-23(10)15)7-13(19)16(17)22-5-3-21(2)4-6-22/h7-8,10,26H,3-6,9H2,1-2H3,(H,24,25)/b20-14+/t10-/m0/s1. The normalized spacial score (nSPS) is 20.8. The molecule has 3 heterocycles. The zero-order chi connectivity index (χ0) is 19.3. The molecule has 8 nitrogen and oxygen atoms in total. The first kappa shape index (κ1) is 17.6. The number of aromatic nitrogens is 1. The van der Waals surface area contributed by atoms with E-state index in [4.69, 9.17) is 4.74 Å². The predicted octanol–water partition coefficient (Wildman–Crippen LogP) is 1.47. The van der Waals surface area contributed by atoms with Crippen LogP contribution in [-0.4, -0.2) is 65.6 Å². The molecule has 1 aromatic carbocycles. The van der Waals surface area contributed by atoms with Gasteiger partial charge in [-0.25, -0.2) is 9.18 Å². The molecular formula is C18H21FN4O4. The lowest BCUT2D eigenvalue weighted by molar-refractivity contribution is 0.0692. The van der Waals surface area contributed by atoms with Crippen molar-refractivity contribution in [3.8, 4) is 5.75 Å². The van der Waals surface area contributed by atoms with Crippen LogP contribution in [0.1, 0.15) is 23.3 Å². The first-order valence-corrected chi connectivity index (χ1v) is 8.81. The first-order valence-electron chi connectivity index (χ1n) is 8.81. The molecule has 2 aromatic rings. The highest BCUT2D eigenvalue weighted by molar-refractivity contribution is 5.97. The van der Waals surface area contributed by atoms with Gasteiger partial charge in [0.1, 0.15) is 23.2 Å². The first-order chi connectivity index (χ1) is 12.9. The molecule has 9 heteroatoms. The van der Waals surface area contributed by atoms with Crippen LogP contribution in [0.15, 0.2) is 17.4 Å². The molecule has 2 aliphatic heterocycles. The summed E-state index contributed by atoms with van der Waals surface area (Å²) >= 11 is 0. The van der Waals surface area contributed by atoms with Crippen LogP contribution in [0.2, 0.25) is 0 Å². The van der Waals surface area contributed by atoms with Crippen molar-refractivity contribution >= 4 is 22.6 Å². The summed E-state index contributed by atoms with van der Waals surface area (Å²) in [6.07, 6.45) is 1.43. The third-order valence-corrected chi connectivity index (χ3v) is 5.31. The van der Waals surface area contributed by atoms with Crippen molar-refractivity contribution in [3.63, 3.8) is 0 Å². The molecule has 1 atom stereocenters. The number of hydrogen-bond acceptors (Lipinski definition) is 6. The fourth-order valence-corrected chi connectivity index (χ4v) is 3.81.